The molecular weight excluding hydrogens is 322 g/mol. The SMILES string of the molecule is CCCOC(=O)c1ccc(NC(=O)COC(=O)c2ccccc2)cc1. The third-order valence-corrected chi connectivity index (χ3v) is 3.19. The number of hydrogen-bond donors (Lipinski definition) is 1. The van der Waals surface area contributed by atoms with Crippen molar-refractivity contribution in [1.82, 2.24) is 0 Å². The second-order valence-corrected chi connectivity index (χ2v) is 5.20. The minimum atomic E-state index is -0.565. The van der Waals surface area contributed by atoms with Gasteiger partial charge in [-0.25, -0.2) is 9.59 Å². The van der Waals surface area contributed by atoms with Gasteiger partial charge in [0.05, 0.1) is 17.7 Å². The lowest BCUT2D eigenvalue weighted by Crippen LogP contribution is -2.21. The molecule has 1 N–H and O–H groups in total. The zero-order valence-electron chi connectivity index (χ0n) is 13.9. The summed E-state index contributed by atoms with van der Waals surface area (Å²) in [5.74, 6) is -1.44. The first kappa shape index (κ1) is 18.2. The molecule has 0 radical (unpaired) electrons. The summed E-state index contributed by atoms with van der Waals surface area (Å²) in [6, 6.07) is 14.7. The summed E-state index contributed by atoms with van der Waals surface area (Å²) < 4.78 is 9.96. The van der Waals surface area contributed by atoms with E-state index < -0.39 is 24.5 Å². The van der Waals surface area contributed by atoms with Crippen molar-refractivity contribution in [3.8, 4) is 0 Å². The summed E-state index contributed by atoms with van der Waals surface area (Å²) in [6.07, 6.45) is 0.752. The minimum Gasteiger partial charge on any atom is -0.462 e. The lowest BCUT2D eigenvalue weighted by atomic mass is 10.2. The van der Waals surface area contributed by atoms with Crippen LogP contribution < -0.4 is 5.32 Å². The molecule has 6 nitrogen and oxygen atoms in total. The number of carbonyl (C=O) groups excluding carboxylic acids is 3. The first-order chi connectivity index (χ1) is 12.1. The summed E-state index contributed by atoms with van der Waals surface area (Å²) in [6.45, 7) is 1.88. The zero-order chi connectivity index (χ0) is 18.1. The molecule has 2 rings (SSSR count). The van der Waals surface area contributed by atoms with Gasteiger partial charge in [0.15, 0.2) is 6.61 Å². The highest BCUT2D eigenvalue weighted by atomic mass is 16.5. The molecule has 0 aliphatic carbocycles. The van der Waals surface area contributed by atoms with Crippen LogP contribution in [0.25, 0.3) is 0 Å². The van der Waals surface area contributed by atoms with Crippen LogP contribution >= 0.6 is 0 Å². The Balaban J connectivity index is 1.82. The van der Waals surface area contributed by atoms with Gasteiger partial charge < -0.3 is 14.8 Å². The lowest BCUT2D eigenvalue weighted by molar-refractivity contribution is -0.119. The Kier molecular flexibility index (Phi) is 6.71. The van der Waals surface area contributed by atoms with Crippen LogP contribution in [0.1, 0.15) is 34.1 Å². The first-order valence-corrected chi connectivity index (χ1v) is 7.89. The fraction of sp³-hybridized carbons (Fsp3) is 0.211. The smallest absolute Gasteiger partial charge is 0.338 e. The Morgan fingerprint density at radius 1 is 0.840 bits per heavy atom. The van der Waals surface area contributed by atoms with E-state index in [1.807, 2.05) is 6.92 Å². The van der Waals surface area contributed by atoms with Gasteiger partial charge in [0.2, 0.25) is 0 Å². The van der Waals surface area contributed by atoms with Gasteiger partial charge in [-0.05, 0) is 42.8 Å². The number of benzene rings is 2. The van der Waals surface area contributed by atoms with Gasteiger partial charge in [-0.2, -0.15) is 0 Å². The maximum atomic E-state index is 11.8. The number of rotatable bonds is 7. The average Bonchev–Trinajstić information content (AvgIpc) is 2.65. The monoisotopic (exact) mass is 341 g/mol. The van der Waals surface area contributed by atoms with Crippen molar-refractivity contribution in [2.75, 3.05) is 18.5 Å². The van der Waals surface area contributed by atoms with E-state index in [0.29, 0.717) is 23.4 Å². The van der Waals surface area contributed by atoms with Crippen LogP contribution in [0.15, 0.2) is 54.6 Å². The molecule has 0 bridgehead atoms. The van der Waals surface area contributed by atoms with Gasteiger partial charge in [0, 0.05) is 5.69 Å². The molecule has 25 heavy (non-hydrogen) atoms. The van der Waals surface area contributed by atoms with E-state index >= 15 is 0 Å². The summed E-state index contributed by atoms with van der Waals surface area (Å²) in [4.78, 5) is 35.3. The predicted molar refractivity (Wildman–Crippen MR) is 92.4 cm³/mol. The van der Waals surface area contributed by atoms with Gasteiger partial charge in [-0.3, -0.25) is 4.79 Å². The summed E-state index contributed by atoms with van der Waals surface area (Å²) in [5.41, 5.74) is 1.28. The van der Waals surface area contributed by atoms with E-state index in [4.69, 9.17) is 9.47 Å². The molecule has 0 aliphatic rings. The molecule has 0 heterocycles. The molecule has 0 saturated heterocycles. The normalized spacial score (nSPS) is 9.96. The maximum Gasteiger partial charge on any atom is 0.338 e. The molecule has 0 unspecified atom stereocenters. The van der Waals surface area contributed by atoms with Crippen LogP contribution in [-0.2, 0) is 14.3 Å². The molecule has 0 aromatic heterocycles. The number of carbonyl (C=O) groups is 3. The molecule has 0 spiro atoms. The average molecular weight is 341 g/mol. The van der Waals surface area contributed by atoms with Crippen LogP contribution in [-0.4, -0.2) is 31.1 Å². The maximum absolute atomic E-state index is 11.8. The molecule has 0 aliphatic heterocycles. The first-order valence-electron chi connectivity index (χ1n) is 7.89. The highest BCUT2D eigenvalue weighted by Crippen LogP contribution is 2.11. The fourth-order valence-corrected chi connectivity index (χ4v) is 1.95. The van der Waals surface area contributed by atoms with Crippen LogP contribution in [0.4, 0.5) is 5.69 Å². The topological polar surface area (TPSA) is 81.7 Å². The van der Waals surface area contributed by atoms with Crippen LogP contribution in [0.3, 0.4) is 0 Å². The van der Waals surface area contributed by atoms with Crippen molar-refractivity contribution in [2.45, 2.75) is 13.3 Å². The Morgan fingerprint density at radius 3 is 2.08 bits per heavy atom. The fourth-order valence-electron chi connectivity index (χ4n) is 1.95. The van der Waals surface area contributed by atoms with E-state index in [0.717, 1.165) is 6.42 Å². The highest BCUT2D eigenvalue weighted by Gasteiger charge is 2.11. The predicted octanol–water partition coefficient (Wildman–Crippen LogP) is 3.05. The Morgan fingerprint density at radius 2 is 1.44 bits per heavy atom. The Labute approximate surface area is 145 Å². The molecule has 0 saturated carbocycles. The molecule has 2 aromatic rings. The lowest BCUT2D eigenvalue weighted by Gasteiger charge is -2.08. The van der Waals surface area contributed by atoms with Crippen molar-refractivity contribution in [3.63, 3.8) is 0 Å². The number of ether oxygens (including phenoxy) is 2. The summed E-state index contributed by atoms with van der Waals surface area (Å²) in [5, 5.41) is 2.59. The molecule has 0 fully saturated rings. The molecule has 1 amide bonds. The Bertz CT molecular complexity index is 725. The Hall–Kier alpha value is -3.15. The van der Waals surface area contributed by atoms with E-state index in [-0.39, 0.29) is 0 Å². The number of hydrogen-bond acceptors (Lipinski definition) is 5. The number of anilines is 1. The largest absolute Gasteiger partial charge is 0.462 e. The molecule has 130 valence electrons. The van der Waals surface area contributed by atoms with Crippen molar-refractivity contribution in [3.05, 3.63) is 65.7 Å². The van der Waals surface area contributed by atoms with Gasteiger partial charge >= 0.3 is 11.9 Å². The van der Waals surface area contributed by atoms with Crippen LogP contribution in [0.2, 0.25) is 0 Å². The van der Waals surface area contributed by atoms with Crippen LogP contribution in [0.5, 0.6) is 0 Å². The second kappa shape index (κ2) is 9.22. The van der Waals surface area contributed by atoms with E-state index in [1.54, 1.807) is 54.6 Å². The minimum absolute atomic E-state index is 0.365. The van der Waals surface area contributed by atoms with Crippen LogP contribution in [0, 0.1) is 0 Å². The highest BCUT2D eigenvalue weighted by molar-refractivity contribution is 5.96. The third kappa shape index (κ3) is 5.76. The quantitative estimate of drug-likeness (QED) is 0.783. The zero-order valence-corrected chi connectivity index (χ0v) is 13.9. The van der Waals surface area contributed by atoms with E-state index in [2.05, 4.69) is 5.32 Å². The van der Waals surface area contributed by atoms with Crippen molar-refractivity contribution >= 4 is 23.5 Å². The molecular formula is C19H19NO5. The van der Waals surface area contributed by atoms with Gasteiger partial charge in [0.25, 0.3) is 5.91 Å². The number of nitrogens with one attached hydrogen (secondary N) is 1. The van der Waals surface area contributed by atoms with Crippen molar-refractivity contribution in [1.29, 1.82) is 0 Å². The molecule has 2 aromatic carbocycles. The van der Waals surface area contributed by atoms with Gasteiger partial charge in [-0.15, -0.1) is 0 Å². The number of amides is 1. The summed E-state index contributed by atoms with van der Waals surface area (Å²) >= 11 is 0. The number of esters is 2. The van der Waals surface area contributed by atoms with Crippen molar-refractivity contribution in [2.24, 2.45) is 0 Å². The molecule has 0 atom stereocenters. The van der Waals surface area contributed by atoms with Gasteiger partial charge in [-0.1, -0.05) is 25.1 Å². The molecule has 6 heteroatoms. The summed E-state index contributed by atoms with van der Waals surface area (Å²) in [7, 11) is 0. The second-order valence-electron chi connectivity index (χ2n) is 5.20. The van der Waals surface area contributed by atoms with Gasteiger partial charge in [0.1, 0.15) is 0 Å². The van der Waals surface area contributed by atoms with E-state index in [1.165, 1.54) is 0 Å². The van der Waals surface area contributed by atoms with Crippen molar-refractivity contribution < 1.29 is 23.9 Å². The van der Waals surface area contributed by atoms with E-state index in [9.17, 15) is 14.4 Å². The third-order valence-electron chi connectivity index (χ3n) is 3.19. The standard InChI is InChI=1S/C19H19NO5/c1-2-12-24-18(22)15-8-10-16(11-9-15)20-17(21)13-25-19(23)14-6-4-3-5-7-14/h3-11H,2,12-13H2,1H3,(H,20,21).